The number of aromatic nitrogens is 2. The van der Waals surface area contributed by atoms with Gasteiger partial charge >= 0.3 is 6.03 Å². The highest BCUT2D eigenvalue weighted by atomic mass is 16.5. The number of nitrogens with zero attached hydrogens (tertiary/aromatic N) is 3. The molecule has 2 aromatic carbocycles. The summed E-state index contributed by atoms with van der Waals surface area (Å²) in [5.41, 5.74) is 2.84. The SMILES string of the molecule is CN(C)CCOc1cccc(CNC(=O)Nc2ccc(Cn3cccn3)cc2)c1. The molecule has 3 rings (SSSR count). The first-order valence-electron chi connectivity index (χ1n) is 9.56. The summed E-state index contributed by atoms with van der Waals surface area (Å²) < 4.78 is 7.59. The summed E-state index contributed by atoms with van der Waals surface area (Å²) in [6.45, 7) is 2.60. The lowest BCUT2D eigenvalue weighted by Gasteiger charge is -2.12. The topological polar surface area (TPSA) is 71.4 Å². The minimum Gasteiger partial charge on any atom is -0.492 e. The predicted molar refractivity (Wildman–Crippen MR) is 114 cm³/mol. The number of hydrogen-bond donors (Lipinski definition) is 2. The number of ether oxygens (including phenoxy) is 1. The molecule has 0 radical (unpaired) electrons. The van der Waals surface area contributed by atoms with Crippen molar-refractivity contribution in [2.75, 3.05) is 32.6 Å². The van der Waals surface area contributed by atoms with E-state index in [0.717, 1.165) is 29.1 Å². The van der Waals surface area contributed by atoms with Gasteiger partial charge in [0, 0.05) is 31.2 Å². The zero-order valence-corrected chi connectivity index (χ0v) is 16.8. The second kappa shape index (κ2) is 10.3. The Bertz CT molecular complexity index is 892. The van der Waals surface area contributed by atoms with Crippen LogP contribution in [-0.4, -0.2) is 48.0 Å². The molecular formula is C22H27N5O2. The summed E-state index contributed by atoms with van der Waals surface area (Å²) in [4.78, 5) is 14.3. The first-order valence-corrected chi connectivity index (χ1v) is 9.56. The lowest BCUT2D eigenvalue weighted by Crippen LogP contribution is -2.28. The molecule has 152 valence electrons. The fourth-order valence-corrected chi connectivity index (χ4v) is 2.72. The molecule has 0 spiro atoms. The molecule has 0 fully saturated rings. The molecule has 0 atom stereocenters. The number of benzene rings is 2. The summed E-state index contributed by atoms with van der Waals surface area (Å²) in [6, 6.07) is 17.1. The molecular weight excluding hydrogens is 366 g/mol. The summed E-state index contributed by atoms with van der Waals surface area (Å²) in [5.74, 6) is 0.805. The zero-order chi connectivity index (χ0) is 20.5. The van der Waals surface area contributed by atoms with Gasteiger partial charge in [0.05, 0.1) is 6.54 Å². The quantitative estimate of drug-likeness (QED) is 0.586. The van der Waals surface area contributed by atoms with Crippen LogP contribution in [-0.2, 0) is 13.1 Å². The van der Waals surface area contributed by atoms with Gasteiger partial charge < -0.3 is 20.3 Å². The molecule has 2 N–H and O–H groups in total. The van der Waals surface area contributed by atoms with Crippen LogP contribution >= 0.6 is 0 Å². The van der Waals surface area contributed by atoms with Gasteiger partial charge in [0.25, 0.3) is 0 Å². The smallest absolute Gasteiger partial charge is 0.319 e. The Morgan fingerprint density at radius 2 is 1.93 bits per heavy atom. The number of nitrogens with one attached hydrogen (secondary N) is 2. The number of likely N-dealkylation sites (N-methyl/N-ethyl adjacent to an activating group) is 1. The van der Waals surface area contributed by atoms with E-state index in [1.807, 2.05) is 79.6 Å². The van der Waals surface area contributed by atoms with Crippen molar-refractivity contribution in [3.05, 3.63) is 78.1 Å². The molecule has 0 aliphatic carbocycles. The van der Waals surface area contributed by atoms with Gasteiger partial charge in [-0.1, -0.05) is 24.3 Å². The lowest BCUT2D eigenvalue weighted by atomic mass is 10.2. The van der Waals surface area contributed by atoms with Crippen molar-refractivity contribution >= 4 is 11.7 Å². The fourth-order valence-electron chi connectivity index (χ4n) is 2.72. The van der Waals surface area contributed by atoms with E-state index < -0.39 is 0 Å². The average Bonchev–Trinajstić information content (AvgIpc) is 3.21. The Kier molecular flexibility index (Phi) is 7.24. The molecule has 0 saturated carbocycles. The van der Waals surface area contributed by atoms with Gasteiger partial charge in [-0.2, -0.15) is 5.10 Å². The molecule has 29 heavy (non-hydrogen) atoms. The molecule has 0 aliphatic heterocycles. The molecule has 0 bridgehead atoms. The molecule has 7 heteroatoms. The van der Waals surface area contributed by atoms with Gasteiger partial charge in [0.15, 0.2) is 0 Å². The first-order chi connectivity index (χ1) is 14.1. The van der Waals surface area contributed by atoms with Gasteiger partial charge in [-0.15, -0.1) is 0 Å². The maximum atomic E-state index is 12.2. The number of carbonyl (C=O) groups is 1. The van der Waals surface area contributed by atoms with Crippen LogP contribution in [0.1, 0.15) is 11.1 Å². The summed E-state index contributed by atoms with van der Waals surface area (Å²) in [7, 11) is 4.02. The van der Waals surface area contributed by atoms with E-state index in [-0.39, 0.29) is 6.03 Å². The third kappa shape index (κ3) is 6.97. The Balaban J connectivity index is 1.45. The van der Waals surface area contributed by atoms with Crippen molar-refractivity contribution in [2.24, 2.45) is 0 Å². The second-order valence-electron chi connectivity index (χ2n) is 7.01. The summed E-state index contributed by atoms with van der Waals surface area (Å²) in [5, 5.41) is 9.91. The largest absolute Gasteiger partial charge is 0.492 e. The second-order valence-corrected chi connectivity index (χ2v) is 7.01. The third-order valence-electron chi connectivity index (χ3n) is 4.27. The van der Waals surface area contributed by atoms with Gasteiger partial charge in [0.2, 0.25) is 0 Å². The van der Waals surface area contributed by atoms with Gasteiger partial charge in [0.1, 0.15) is 12.4 Å². The summed E-state index contributed by atoms with van der Waals surface area (Å²) in [6.07, 6.45) is 3.67. The number of rotatable bonds is 9. The van der Waals surface area contributed by atoms with Crippen LogP contribution in [0.4, 0.5) is 10.5 Å². The molecule has 0 aliphatic rings. The van der Waals surface area contributed by atoms with Crippen molar-refractivity contribution in [3.8, 4) is 5.75 Å². The van der Waals surface area contributed by atoms with Gasteiger partial charge in [-0.05, 0) is 55.6 Å². The molecule has 3 aromatic rings. The highest BCUT2D eigenvalue weighted by Crippen LogP contribution is 2.14. The zero-order valence-electron chi connectivity index (χ0n) is 16.8. The van der Waals surface area contributed by atoms with Crippen molar-refractivity contribution in [3.63, 3.8) is 0 Å². The average molecular weight is 393 g/mol. The first kappa shape index (κ1) is 20.4. The van der Waals surface area contributed by atoms with Crippen molar-refractivity contribution in [1.82, 2.24) is 20.0 Å². The van der Waals surface area contributed by atoms with Crippen LogP contribution in [0.3, 0.4) is 0 Å². The Morgan fingerprint density at radius 3 is 2.66 bits per heavy atom. The number of carbonyl (C=O) groups excluding carboxylic acids is 1. The van der Waals surface area contributed by atoms with Gasteiger partial charge in [-0.3, -0.25) is 4.68 Å². The minimum absolute atomic E-state index is 0.247. The standard InChI is InChI=1S/C22H27N5O2/c1-26(2)13-14-29-21-6-3-5-19(15-21)16-23-22(28)25-20-9-7-18(8-10-20)17-27-12-4-11-24-27/h3-12,15H,13-14,16-17H2,1-2H3,(H2,23,25,28). The van der Waals surface area contributed by atoms with Crippen LogP contribution < -0.4 is 15.4 Å². The van der Waals surface area contributed by atoms with E-state index in [1.54, 1.807) is 6.20 Å². The number of hydrogen-bond acceptors (Lipinski definition) is 4. The molecule has 7 nitrogen and oxygen atoms in total. The van der Waals surface area contributed by atoms with Crippen molar-refractivity contribution in [1.29, 1.82) is 0 Å². The molecule has 1 heterocycles. The van der Waals surface area contributed by atoms with Crippen LogP contribution in [0.2, 0.25) is 0 Å². The Labute approximate surface area is 171 Å². The van der Waals surface area contributed by atoms with Crippen LogP contribution in [0.5, 0.6) is 5.75 Å². The van der Waals surface area contributed by atoms with E-state index in [4.69, 9.17) is 4.74 Å². The Hall–Kier alpha value is -3.32. The maximum Gasteiger partial charge on any atom is 0.319 e. The van der Waals surface area contributed by atoms with E-state index >= 15 is 0 Å². The normalized spacial score (nSPS) is 10.7. The van der Waals surface area contributed by atoms with E-state index in [2.05, 4.69) is 20.6 Å². The lowest BCUT2D eigenvalue weighted by molar-refractivity contribution is 0.251. The van der Waals surface area contributed by atoms with E-state index in [0.29, 0.717) is 19.7 Å². The van der Waals surface area contributed by atoms with Crippen LogP contribution in [0, 0.1) is 0 Å². The maximum absolute atomic E-state index is 12.2. The number of anilines is 1. The van der Waals surface area contributed by atoms with Crippen LogP contribution in [0.15, 0.2) is 67.0 Å². The molecule has 1 aromatic heterocycles. The minimum atomic E-state index is -0.247. The number of urea groups is 1. The Morgan fingerprint density at radius 1 is 1.10 bits per heavy atom. The predicted octanol–water partition coefficient (Wildman–Crippen LogP) is 3.19. The molecule has 0 saturated heterocycles. The third-order valence-corrected chi connectivity index (χ3v) is 4.27. The monoisotopic (exact) mass is 393 g/mol. The van der Waals surface area contributed by atoms with Crippen molar-refractivity contribution < 1.29 is 9.53 Å². The van der Waals surface area contributed by atoms with Crippen LogP contribution in [0.25, 0.3) is 0 Å². The highest BCUT2D eigenvalue weighted by molar-refractivity contribution is 5.89. The number of amides is 2. The fraction of sp³-hybridized carbons (Fsp3) is 0.273. The van der Waals surface area contributed by atoms with Crippen molar-refractivity contribution in [2.45, 2.75) is 13.1 Å². The van der Waals surface area contributed by atoms with E-state index in [1.165, 1.54) is 0 Å². The molecule has 0 unspecified atom stereocenters. The highest BCUT2D eigenvalue weighted by Gasteiger charge is 2.04. The summed E-state index contributed by atoms with van der Waals surface area (Å²) >= 11 is 0. The van der Waals surface area contributed by atoms with E-state index in [9.17, 15) is 4.79 Å². The molecule has 2 amide bonds. The van der Waals surface area contributed by atoms with Gasteiger partial charge in [-0.25, -0.2) is 4.79 Å².